The number of hydrogen-bond donors (Lipinski definition) is 0. The van der Waals surface area contributed by atoms with Crippen LogP contribution >= 0.6 is 0 Å². The van der Waals surface area contributed by atoms with Gasteiger partial charge in [0.2, 0.25) is 5.91 Å². The first-order chi connectivity index (χ1) is 14.6. The predicted molar refractivity (Wildman–Crippen MR) is 115 cm³/mol. The first kappa shape index (κ1) is 20.3. The van der Waals surface area contributed by atoms with E-state index < -0.39 is 0 Å². The van der Waals surface area contributed by atoms with Gasteiger partial charge in [-0.1, -0.05) is 30.3 Å². The molecule has 2 fully saturated rings. The molecular formula is C22H27N5O3. The topological polar surface area (TPSA) is 82.8 Å². The monoisotopic (exact) mass is 409 g/mol. The van der Waals surface area contributed by atoms with Gasteiger partial charge in [0.1, 0.15) is 5.82 Å². The number of amides is 1. The fourth-order valence-corrected chi connectivity index (χ4v) is 4.19. The van der Waals surface area contributed by atoms with E-state index in [9.17, 15) is 14.9 Å². The zero-order chi connectivity index (χ0) is 20.9. The maximum Gasteiger partial charge on any atom is 0.295 e. The molecular weight excluding hydrogens is 382 g/mol. The summed E-state index contributed by atoms with van der Waals surface area (Å²) < 4.78 is 0. The second-order valence-corrected chi connectivity index (χ2v) is 7.86. The Balaban J connectivity index is 1.47. The second-order valence-electron chi connectivity index (χ2n) is 7.86. The van der Waals surface area contributed by atoms with Crippen LogP contribution in [0.15, 0.2) is 42.5 Å². The minimum Gasteiger partial charge on any atom is -0.355 e. The molecule has 8 heteroatoms. The van der Waals surface area contributed by atoms with Crippen LogP contribution in [0.4, 0.5) is 11.5 Å². The molecule has 1 aromatic carbocycles. The van der Waals surface area contributed by atoms with Crippen molar-refractivity contribution in [3.63, 3.8) is 0 Å². The van der Waals surface area contributed by atoms with E-state index in [-0.39, 0.29) is 16.5 Å². The lowest BCUT2D eigenvalue weighted by molar-refractivity contribution is -0.384. The lowest BCUT2D eigenvalue weighted by Crippen LogP contribution is -2.40. The Kier molecular flexibility index (Phi) is 6.23. The summed E-state index contributed by atoms with van der Waals surface area (Å²) in [6, 6.07) is 12.6. The summed E-state index contributed by atoms with van der Waals surface area (Å²) in [5.41, 5.74) is 1.14. The van der Waals surface area contributed by atoms with Crippen molar-refractivity contribution in [2.75, 3.05) is 50.7 Å². The van der Waals surface area contributed by atoms with E-state index in [2.05, 4.69) is 14.8 Å². The van der Waals surface area contributed by atoms with Crippen LogP contribution in [0.2, 0.25) is 0 Å². The molecule has 2 saturated heterocycles. The van der Waals surface area contributed by atoms with E-state index in [1.165, 1.54) is 0 Å². The molecule has 2 aromatic rings. The van der Waals surface area contributed by atoms with Gasteiger partial charge in [-0.05, 0) is 25.3 Å². The molecule has 30 heavy (non-hydrogen) atoms. The normalized spacial score (nSPS) is 17.7. The van der Waals surface area contributed by atoms with Gasteiger partial charge in [-0.3, -0.25) is 19.8 Å². The fraction of sp³-hybridized carbons (Fsp3) is 0.455. The SMILES string of the molecule is O=C(CN1CCCN(c2ccc([N+](=O)[O-])c(-c3ccccc3)n2)CC1)N1CCCC1. The molecule has 8 nitrogen and oxygen atoms in total. The number of aromatic nitrogens is 1. The number of rotatable bonds is 5. The smallest absolute Gasteiger partial charge is 0.295 e. The maximum atomic E-state index is 12.5. The lowest BCUT2D eigenvalue weighted by atomic mass is 10.1. The van der Waals surface area contributed by atoms with Crippen molar-refractivity contribution in [1.29, 1.82) is 0 Å². The molecule has 3 heterocycles. The molecule has 0 saturated carbocycles. The van der Waals surface area contributed by atoms with Gasteiger partial charge in [0, 0.05) is 50.9 Å². The van der Waals surface area contributed by atoms with Crippen LogP contribution in [-0.2, 0) is 4.79 Å². The van der Waals surface area contributed by atoms with Crippen molar-refractivity contribution >= 4 is 17.4 Å². The van der Waals surface area contributed by atoms with E-state index in [0.717, 1.165) is 69.9 Å². The van der Waals surface area contributed by atoms with Gasteiger partial charge < -0.3 is 9.80 Å². The van der Waals surface area contributed by atoms with Crippen LogP contribution in [0.3, 0.4) is 0 Å². The van der Waals surface area contributed by atoms with Gasteiger partial charge in [0.05, 0.1) is 11.5 Å². The van der Waals surface area contributed by atoms with Gasteiger partial charge in [-0.25, -0.2) is 4.98 Å². The summed E-state index contributed by atoms with van der Waals surface area (Å²) in [6.07, 6.45) is 3.14. The minimum absolute atomic E-state index is 0.0117. The molecule has 0 bridgehead atoms. The molecule has 1 aromatic heterocycles. The third-order valence-corrected chi connectivity index (χ3v) is 5.83. The number of nitro groups is 1. The average molecular weight is 409 g/mol. The third kappa shape index (κ3) is 4.59. The molecule has 0 radical (unpaired) electrons. The second kappa shape index (κ2) is 9.21. The number of anilines is 1. The third-order valence-electron chi connectivity index (χ3n) is 5.83. The average Bonchev–Trinajstić information content (AvgIpc) is 3.21. The van der Waals surface area contributed by atoms with Crippen LogP contribution in [0.1, 0.15) is 19.3 Å². The highest BCUT2D eigenvalue weighted by atomic mass is 16.6. The van der Waals surface area contributed by atoms with Crippen molar-refractivity contribution in [2.45, 2.75) is 19.3 Å². The number of carbonyl (C=O) groups is 1. The van der Waals surface area contributed by atoms with E-state index in [1.807, 2.05) is 35.2 Å². The van der Waals surface area contributed by atoms with Crippen molar-refractivity contribution in [2.24, 2.45) is 0 Å². The summed E-state index contributed by atoms with van der Waals surface area (Å²) in [4.78, 5) is 34.6. The van der Waals surface area contributed by atoms with Crippen LogP contribution in [0.5, 0.6) is 0 Å². The zero-order valence-corrected chi connectivity index (χ0v) is 17.1. The Morgan fingerprint density at radius 2 is 1.70 bits per heavy atom. The van der Waals surface area contributed by atoms with Crippen LogP contribution in [-0.4, -0.2) is 71.4 Å². The highest BCUT2D eigenvalue weighted by Gasteiger charge is 2.24. The fourth-order valence-electron chi connectivity index (χ4n) is 4.19. The lowest BCUT2D eigenvalue weighted by Gasteiger charge is -2.24. The Bertz CT molecular complexity index is 899. The van der Waals surface area contributed by atoms with Crippen molar-refractivity contribution < 1.29 is 9.72 Å². The van der Waals surface area contributed by atoms with E-state index in [0.29, 0.717) is 12.2 Å². The number of likely N-dealkylation sites (tertiary alicyclic amines) is 1. The van der Waals surface area contributed by atoms with E-state index in [4.69, 9.17) is 0 Å². The number of hydrogen-bond acceptors (Lipinski definition) is 6. The number of benzene rings is 1. The zero-order valence-electron chi connectivity index (χ0n) is 17.1. The largest absolute Gasteiger partial charge is 0.355 e. The van der Waals surface area contributed by atoms with E-state index in [1.54, 1.807) is 12.1 Å². The molecule has 0 unspecified atom stereocenters. The molecule has 4 rings (SSSR count). The standard InChI is InChI=1S/C22H27N5O3/c28-21(26-12-4-5-13-26)17-24-11-6-14-25(16-15-24)20-10-9-19(27(29)30)22(23-20)18-7-2-1-3-8-18/h1-3,7-10H,4-6,11-17H2. The molecule has 0 aliphatic carbocycles. The molecule has 158 valence electrons. The molecule has 0 atom stereocenters. The highest BCUT2D eigenvalue weighted by Crippen LogP contribution is 2.30. The Morgan fingerprint density at radius 1 is 0.933 bits per heavy atom. The van der Waals surface area contributed by atoms with Crippen LogP contribution in [0.25, 0.3) is 11.3 Å². The molecule has 0 N–H and O–H groups in total. The molecule has 1 amide bonds. The quantitative estimate of drug-likeness (QED) is 0.558. The van der Waals surface area contributed by atoms with Crippen LogP contribution in [0, 0.1) is 10.1 Å². The summed E-state index contributed by atoms with van der Waals surface area (Å²) in [5.74, 6) is 0.966. The number of pyridine rings is 1. The predicted octanol–water partition coefficient (Wildman–Crippen LogP) is 2.79. The molecule has 2 aliphatic heterocycles. The van der Waals surface area contributed by atoms with Gasteiger partial charge in [0.15, 0.2) is 5.69 Å². The van der Waals surface area contributed by atoms with Crippen molar-refractivity contribution in [3.8, 4) is 11.3 Å². The molecule has 0 spiro atoms. The Morgan fingerprint density at radius 3 is 2.43 bits per heavy atom. The van der Waals surface area contributed by atoms with Crippen LogP contribution < -0.4 is 4.90 Å². The van der Waals surface area contributed by atoms with E-state index >= 15 is 0 Å². The number of nitrogens with zero attached hydrogens (tertiary/aromatic N) is 5. The van der Waals surface area contributed by atoms with Crippen molar-refractivity contribution in [3.05, 3.63) is 52.6 Å². The first-order valence-corrected chi connectivity index (χ1v) is 10.6. The minimum atomic E-state index is -0.382. The van der Waals surface area contributed by atoms with Gasteiger partial charge >= 0.3 is 0 Å². The Labute approximate surface area is 176 Å². The van der Waals surface area contributed by atoms with Crippen molar-refractivity contribution in [1.82, 2.24) is 14.8 Å². The highest BCUT2D eigenvalue weighted by molar-refractivity contribution is 5.78. The van der Waals surface area contributed by atoms with Gasteiger partial charge in [-0.15, -0.1) is 0 Å². The maximum absolute atomic E-state index is 12.5. The number of carbonyl (C=O) groups excluding carboxylic acids is 1. The Hall–Kier alpha value is -3.00. The molecule has 2 aliphatic rings. The first-order valence-electron chi connectivity index (χ1n) is 10.6. The van der Waals surface area contributed by atoms with Gasteiger partial charge in [-0.2, -0.15) is 0 Å². The summed E-state index contributed by atoms with van der Waals surface area (Å²) in [5, 5.41) is 11.5. The summed E-state index contributed by atoms with van der Waals surface area (Å²) in [6.45, 7) is 5.44. The summed E-state index contributed by atoms with van der Waals surface area (Å²) in [7, 11) is 0. The summed E-state index contributed by atoms with van der Waals surface area (Å²) >= 11 is 0. The van der Waals surface area contributed by atoms with Gasteiger partial charge in [0.25, 0.3) is 5.69 Å².